The number of carboxylic acids is 1. The highest BCUT2D eigenvalue weighted by molar-refractivity contribution is 5.68. The molecule has 2 N–H and O–H groups in total. The van der Waals surface area contributed by atoms with E-state index in [1.807, 2.05) is 5.10 Å². The first kappa shape index (κ1) is 11.5. The lowest BCUT2D eigenvalue weighted by Crippen LogP contribution is -2.12. The minimum absolute atomic E-state index is 0.120. The van der Waals surface area contributed by atoms with Crippen molar-refractivity contribution in [2.24, 2.45) is 0 Å². The fourth-order valence-electron chi connectivity index (χ4n) is 1.27. The van der Waals surface area contributed by atoms with E-state index in [0.29, 0.717) is 0 Å². The number of rotatable bonds is 3. The summed E-state index contributed by atoms with van der Waals surface area (Å²) in [6.07, 6.45) is -3.88. The summed E-state index contributed by atoms with van der Waals surface area (Å²) in [5.41, 5.74) is -1.10. The number of hydrogen-bond acceptors (Lipinski definition) is 2. The molecule has 1 unspecified atom stereocenters. The molecule has 0 saturated heterocycles. The summed E-state index contributed by atoms with van der Waals surface area (Å²) in [6, 6.07) is 0. The fraction of sp³-hybridized carbons (Fsp3) is 0.500. The SMILES string of the molecule is CC(CC(=O)O)c1cn[nH]c1C(F)(F)F. The molecule has 1 rings (SSSR count). The number of aromatic amines is 1. The topological polar surface area (TPSA) is 66.0 Å². The van der Waals surface area contributed by atoms with Crippen LogP contribution in [0.5, 0.6) is 0 Å². The molecule has 0 spiro atoms. The Balaban J connectivity index is 2.95. The molecule has 15 heavy (non-hydrogen) atoms. The second-order valence-electron chi connectivity index (χ2n) is 3.20. The van der Waals surface area contributed by atoms with Crippen LogP contribution in [0.2, 0.25) is 0 Å². The first-order valence-corrected chi connectivity index (χ1v) is 4.14. The molecule has 0 bridgehead atoms. The molecule has 0 aromatic carbocycles. The predicted octanol–water partition coefficient (Wildman–Crippen LogP) is 2.01. The van der Waals surface area contributed by atoms with Gasteiger partial charge in [0.2, 0.25) is 0 Å². The van der Waals surface area contributed by atoms with Crippen LogP contribution in [-0.4, -0.2) is 21.3 Å². The summed E-state index contributed by atoms with van der Waals surface area (Å²) in [6.45, 7) is 1.41. The Hall–Kier alpha value is -1.53. The van der Waals surface area contributed by atoms with E-state index in [9.17, 15) is 18.0 Å². The molecule has 84 valence electrons. The molecule has 7 heteroatoms. The number of carbonyl (C=O) groups is 1. The number of aromatic nitrogens is 2. The van der Waals surface area contributed by atoms with Gasteiger partial charge in [-0.05, 0) is 5.92 Å². The maximum Gasteiger partial charge on any atom is 0.433 e. The normalized spacial score (nSPS) is 13.9. The second-order valence-corrected chi connectivity index (χ2v) is 3.20. The third kappa shape index (κ3) is 2.71. The number of halogens is 3. The summed E-state index contributed by atoms with van der Waals surface area (Å²) in [7, 11) is 0. The first-order valence-electron chi connectivity index (χ1n) is 4.14. The van der Waals surface area contributed by atoms with Crippen LogP contribution < -0.4 is 0 Å². The molecule has 0 saturated carbocycles. The van der Waals surface area contributed by atoms with Crippen molar-refractivity contribution in [2.75, 3.05) is 0 Å². The molecule has 1 aromatic rings. The standard InChI is InChI=1S/C8H9F3N2O2/c1-4(2-6(14)15)5-3-12-13-7(5)8(9,10)11/h3-4H,2H2,1H3,(H,12,13)(H,14,15). The molecule has 0 fully saturated rings. The smallest absolute Gasteiger partial charge is 0.433 e. The number of carboxylic acid groups (broad SMARTS) is 1. The molecule has 1 atom stereocenters. The Bertz CT molecular complexity index is 359. The molecule has 0 amide bonds. The van der Waals surface area contributed by atoms with Gasteiger partial charge in [-0.1, -0.05) is 6.92 Å². The van der Waals surface area contributed by atoms with E-state index in [2.05, 4.69) is 5.10 Å². The fourth-order valence-corrected chi connectivity index (χ4v) is 1.27. The molecule has 1 aromatic heterocycles. The van der Waals surface area contributed by atoms with Crippen LogP contribution in [0.15, 0.2) is 6.20 Å². The molecule has 0 radical (unpaired) electrons. The number of nitrogens with one attached hydrogen (secondary N) is 1. The largest absolute Gasteiger partial charge is 0.481 e. The Kier molecular flexibility index (Phi) is 3.01. The van der Waals surface area contributed by atoms with Crippen molar-refractivity contribution in [3.63, 3.8) is 0 Å². The quantitative estimate of drug-likeness (QED) is 0.822. The summed E-state index contributed by atoms with van der Waals surface area (Å²) < 4.78 is 37.1. The van der Waals surface area contributed by atoms with Crippen LogP contribution >= 0.6 is 0 Å². The van der Waals surface area contributed by atoms with Crippen LogP contribution in [0.1, 0.15) is 30.5 Å². The van der Waals surface area contributed by atoms with Crippen molar-refractivity contribution in [1.82, 2.24) is 10.2 Å². The highest BCUT2D eigenvalue weighted by atomic mass is 19.4. The Labute approximate surface area is 83.1 Å². The molecule has 0 aliphatic heterocycles. The Morgan fingerprint density at radius 3 is 2.73 bits per heavy atom. The summed E-state index contributed by atoms with van der Waals surface area (Å²) >= 11 is 0. The van der Waals surface area contributed by atoms with Gasteiger partial charge in [-0.3, -0.25) is 9.89 Å². The van der Waals surface area contributed by atoms with Gasteiger partial charge in [0.25, 0.3) is 0 Å². The lowest BCUT2D eigenvalue weighted by molar-refractivity contribution is -0.143. The van der Waals surface area contributed by atoms with Gasteiger partial charge in [0.05, 0.1) is 12.6 Å². The summed E-state index contributed by atoms with van der Waals surface area (Å²) in [5.74, 6) is -1.87. The van der Waals surface area contributed by atoms with E-state index in [4.69, 9.17) is 5.11 Å². The average molecular weight is 222 g/mol. The second kappa shape index (κ2) is 3.92. The van der Waals surface area contributed by atoms with Crippen LogP contribution in [0.25, 0.3) is 0 Å². The number of alkyl halides is 3. The average Bonchev–Trinajstić information content (AvgIpc) is 2.48. The summed E-state index contributed by atoms with van der Waals surface area (Å²) in [4.78, 5) is 10.4. The van der Waals surface area contributed by atoms with Crippen molar-refractivity contribution in [1.29, 1.82) is 0 Å². The van der Waals surface area contributed by atoms with Crippen molar-refractivity contribution in [3.8, 4) is 0 Å². The van der Waals surface area contributed by atoms with Gasteiger partial charge < -0.3 is 5.11 Å². The minimum Gasteiger partial charge on any atom is -0.481 e. The van der Waals surface area contributed by atoms with E-state index < -0.39 is 23.8 Å². The maximum absolute atomic E-state index is 12.4. The van der Waals surface area contributed by atoms with Crippen LogP contribution in [0.3, 0.4) is 0 Å². The first-order chi connectivity index (χ1) is 6.82. The number of hydrogen-bond donors (Lipinski definition) is 2. The monoisotopic (exact) mass is 222 g/mol. The summed E-state index contributed by atoms with van der Waals surface area (Å²) in [5, 5.41) is 13.6. The number of aliphatic carboxylic acids is 1. The van der Waals surface area contributed by atoms with E-state index in [1.165, 1.54) is 6.92 Å². The molecular weight excluding hydrogens is 213 g/mol. The van der Waals surface area contributed by atoms with Crippen molar-refractivity contribution < 1.29 is 23.1 Å². The van der Waals surface area contributed by atoms with Crippen LogP contribution in [0, 0.1) is 0 Å². The van der Waals surface area contributed by atoms with Gasteiger partial charge in [0, 0.05) is 5.56 Å². The van der Waals surface area contributed by atoms with Gasteiger partial charge in [-0.15, -0.1) is 0 Å². The lowest BCUT2D eigenvalue weighted by atomic mass is 9.98. The molecule has 4 nitrogen and oxygen atoms in total. The molecule has 1 heterocycles. The maximum atomic E-state index is 12.4. The van der Waals surface area contributed by atoms with Gasteiger partial charge in [0.15, 0.2) is 0 Å². The van der Waals surface area contributed by atoms with E-state index in [1.54, 1.807) is 0 Å². The van der Waals surface area contributed by atoms with Gasteiger partial charge in [-0.2, -0.15) is 18.3 Å². The minimum atomic E-state index is -4.53. The zero-order valence-electron chi connectivity index (χ0n) is 7.80. The Morgan fingerprint density at radius 1 is 1.67 bits per heavy atom. The highest BCUT2D eigenvalue weighted by Crippen LogP contribution is 2.34. The zero-order chi connectivity index (χ0) is 11.6. The van der Waals surface area contributed by atoms with Gasteiger partial charge in [0.1, 0.15) is 5.69 Å². The van der Waals surface area contributed by atoms with Crippen molar-refractivity contribution in [3.05, 3.63) is 17.5 Å². The van der Waals surface area contributed by atoms with Gasteiger partial charge in [-0.25, -0.2) is 0 Å². The number of H-pyrrole nitrogens is 1. The third-order valence-corrected chi connectivity index (χ3v) is 1.96. The van der Waals surface area contributed by atoms with E-state index >= 15 is 0 Å². The predicted molar refractivity (Wildman–Crippen MR) is 44.3 cm³/mol. The third-order valence-electron chi connectivity index (χ3n) is 1.96. The van der Waals surface area contributed by atoms with Crippen LogP contribution in [0.4, 0.5) is 13.2 Å². The zero-order valence-corrected chi connectivity index (χ0v) is 7.80. The molecule has 0 aliphatic carbocycles. The van der Waals surface area contributed by atoms with Gasteiger partial charge >= 0.3 is 12.1 Å². The Morgan fingerprint density at radius 2 is 2.27 bits per heavy atom. The molecule has 0 aliphatic rings. The van der Waals surface area contributed by atoms with Crippen molar-refractivity contribution in [2.45, 2.75) is 25.4 Å². The highest BCUT2D eigenvalue weighted by Gasteiger charge is 2.36. The van der Waals surface area contributed by atoms with Crippen LogP contribution in [-0.2, 0) is 11.0 Å². The lowest BCUT2D eigenvalue weighted by Gasteiger charge is -2.11. The number of nitrogens with zero attached hydrogens (tertiary/aromatic N) is 1. The van der Waals surface area contributed by atoms with E-state index in [0.717, 1.165) is 6.20 Å². The van der Waals surface area contributed by atoms with E-state index in [-0.39, 0.29) is 12.0 Å². The molecular formula is C8H9F3N2O2. The van der Waals surface area contributed by atoms with Crippen molar-refractivity contribution >= 4 is 5.97 Å².